The van der Waals surface area contributed by atoms with Crippen molar-refractivity contribution in [3.05, 3.63) is 0 Å². The molecule has 4 saturated carbocycles. The first kappa shape index (κ1) is 24.0. The van der Waals surface area contributed by atoms with Crippen LogP contribution in [0.4, 0.5) is 0 Å². The minimum atomic E-state index is -1.29. The third kappa shape index (κ3) is 3.63. The smallest absolute Gasteiger partial charge is 0.0986 e. The molecular formula is C27H48O4. The van der Waals surface area contributed by atoms with Gasteiger partial charge in [0.15, 0.2) is 0 Å². The van der Waals surface area contributed by atoms with Crippen molar-refractivity contribution in [3.8, 4) is 0 Å². The normalized spacial score (nSPS) is 53.0. The number of hydrogen-bond acceptors (Lipinski definition) is 4. The van der Waals surface area contributed by atoms with Gasteiger partial charge in [-0.2, -0.15) is 0 Å². The topological polar surface area (TPSA) is 80.9 Å². The molecule has 4 aliphatic carbocycles. The van der Waals surface area contributed by atoms with Crippen LogP contribution in [-0.4, -0.2) is 44.3 Å². The van der Waals surface area contributed by atoms with Gasteiger partial charge in [0.1, 0.15) is 0 Å². The lowest BCUT2D eigenvalue weighted by Crippen LogP contribution is -2.71. The fourth-order valence-electron chi connectivity index (χ4n) is 9.41. The van der Waals surface area contributed by atoms with E-state index >= 15 is 0 Å². The highest BCUT2D eigenvalue weighted by molar-refractivity contribution is 5.19. The molecule has 0 spiro atoms. The molecule has 0 unspecified atom stereocenters. The molecule has 0 aromatic carbocycles. The lowest BCUT2D eigenvalue weighted by atomic mass is 9.41. The third-order valence-corrected chi connectivity index (χ3v) is 11.0. The van der Waals surface area contributed by atoms with Crippen LogP contribution >= 0.6 is 0 Å². The zero-order valence-corrected chi connectivity index (χ0v) is 20.6. The van der Waals surface area contributed by atoms with Gasteiger partial charge in [-0.1, -0.05) is 53.9 Å². The summed E-state index contributed by atoms with van der Waals surface area (Å²) >= 11 is 0. The van der Waals surface area contributed by atoms with Crippen molar-refractivity contribution < 1.29 is 20.4 Å². The molecule has 4 fully saturated rings. The molecule has 0 aromatic rings. The van der Waals surface area contributed by atoms with Crippen molar-refractivity contribution in [1.82, 2.24) is 0 Å². The van der Waals surface area contributed by atoms with Crippen LogP contribution in [0.25, 0.3) is 0 Å². The average molecular weight is 437 g/mol. The molecule has 0 radical (unpaired) electrons. The average Bonchev–Trinajstić information content (AvgIpc) is 3.00. The Kier molecular flexibility index (Phi) is 6.38. The van der Waals surface area contributed by atoms with Gasteiger partial charge in [0.2, 0.25) is 0 Å². The molecule has 0 bridgehead atoms. The number of aliphatic hydroxyl groups is 4. The van der Waals surface area contributed by atoms with Gasteiger partial charge in [0, 0.05) is 11.8 Å². The van der Waals surface area contributed by atoms with Crippen LogP contribution in [-0.2, 0) is 0 Å². The highest BCUT2D eigenvalue weighted by Crippen LogP contribution is 2.69. The molecule has 0 saturated heterocycles. The summed E-state index contributed by atoms with van der Waals surface area (Å²) in [5.41, 5.74) is -1.70. The van der Waals surface area contributed by atoms with Gasteiger partial charge in [-0.25, -0.2) is 0 Å². The van der Waals surface area contributed by atoms with Gasteiger partial charge >= 0.3 is 0 Å². The Morgan fingerprint density at radius 1 is 0.935 bits per heavy atom. The third-order valence-electron chi connectivity index (χ3n) is 11.0. The van der Waals surface area contributed by atoms with Crippen LogP contribution in [0.3, 0.4) is 0 Å². The van der Waals surface area contributed by atoms with E-state index in [4.69, 9.17) is 0 Å². The second kappa shape index (κ2) is 8.25. The summed E-state index contributed by atoms with van der Waals surface area (Å²) in [6.07, 6.45) is 7.41. The SMILES string of the molecule is CC(C)CCC[C@@H](C)[C@H]1CC[C@H]2[C@@H]3C[C@@H](O)[C@@]4(O)C[C@@H](O)CC[C@]4(C)[C@H]3[C@H](O)C[C@]12C. The van der Waals surface area contributed by atoms with Crippen LogP contribution in [0.1, 0.15) is 98.8 Å². The molecule has 4 aliphatic rings. The minimum absolute atomic E-state index is 0.0153. The first-order valence-electron chi connectivity index (χ1n) is 13.2. The summed E-state index contributed by atoms with van der Waals surface area (Å²) in [6.45, 7) is 11.5. The molecular weight excluding hydrogens is 388 g/mol. The van der Waals surface area contributed by atoms with E-state index in [2.05, 4.69) is 34.6 Å². The Labute approximate surface area is 189 Å². The van der Waals surface area contributed by atoms with Crippen molar-refractivity contribution in [2.75, 3.05) is 0 Å². The maximum absolute atomic E-state index is 11.6. The highest BCUT2D eigenvalue weighted by atomic mass is 16.3. The Bertz CT molecular complexity index is 651. The van der Waals surface area contributed by atoms with E-state index in [-0.39, 0.29) is 23.7 Å². The molecule has 4 heteroatoms. The van der Waals surface area contributed by atoms with E-state index in [0.717, 1.165) is 12.3 Å². The van der Waals surface area contributed by atoms with Crippen LogP contribution in [0.5, 0.6) is 0 Å². The van der Waals surface area contributed by atoms with Crippen molar-refractivity contribution in [2.45, 2.75) is 123 Å². The number of rotatable bonds is 5. The van der Waals surface area contributed by atoms with E-state index < -0.39 is 29.3 Å². The van der Waals surface area contributed by atoms with Gasteiger partial charge in [0.25, 0.3) is 0 Å². The van der Waals surface area contributed by atoms with E-state index in [1.807, 2.05) is 0 Å². The Hall–Kier alpha value is -0.160. The molecule has 0 amide bonds. The quantitative estimate of drug-likeness (QED) is 0.511. The van der Waals surface area contributed by atoms with Crippen molar-refractivity contribution in [2.24, 2.45) is 46.3 Å². The molecule has 4 N–H and O–H groups in total. The van der Waals surface area contributed by atoms with Gasteiger partial charge in [-0.05, 0) is 79.4 Å². The molecule has 4 rings (SSSR count). The Morgan fingerprint density at radius 2 is 1.65 bits per heavy atom. The van der Waals surface area contributed by atoms with Gasteiger partial charge in [-0.3, -0.25) is 0 Å². The first-order chi connectivity index (χ1) is 14.4. The zero-order chi connectivity index (χ0) is 22.8. The van der Waals surface area contributed by atoms with Crippen molar-refractivity contribution >= 4 is 0 Å². The largest absolute Gasteiger partial charge is 0.393 e. The molecule has 31 heavy (non-hydrogen) atoms. The molecule has 180 valence electrons. The summed E-state index contributed by atoms with van der Waals surface area (Å²) in [4.78, 5) is 0. The fourth-order valence-corrected chi connectivity index (χ4v) is 9.41. The molecule has 11 atom stereocenters. The first-order valence-corrected chi connectivity index (χ1v) is 13.2. The van der Waals surface area contributed by atoms with Crippen LogP contribution in [0.2, 0.25) is 0 Å². The molecule has 4 nitrogen and oxygen atoms in total. The molecule has 0 aliphatic heterocycles. The lowest BCUT2D eigenvalue weighted by molar-refractivity contribution is -0.282. The van der Waals surface area contributed by atoms with E-state index in [0.29, 0.717) is 37.0 Å². The zero-order valence-electron chi connectivity index (χ0n) is 20.6. The second-order valence-electron chi connectivity index (χ2n) is 13.0. The summed E-state index contributed by atoms with van der Waals surface area (Å²) in [6, 6.07) is 0. The van der Waals surface area contributed by atoms with Crippen LogP contribution in [0.15, 0.2) is 0 Å². The number of fused-ring (bicyclic) bond motifs is 5. The van der Waals surface area contributed by atoms with Gasteiger partial charge < -0.3 is 20.4 Å². The van der Waals surface area contributed by atoms with Crippen LogP contribution in [0, 0.1) is 46.3 Å². The highest BCUT2D eigenvalue weighted by Gasteiger charge is 2.69. The maximum Gasteiger partial charge on any atom is 0.0986 e. The van der Waals surface area contributed by atoms with Gasteiger partial charge in [0.05, 0.1) is 23.9 Å². The Morgan fingerprint density at radius 3 is 2.32 bits per heavy atom. The summed E-state index contributed by atoms with van der Waals surface area (Å²) in [5.74, 6) is 2.86. The minimum Gasteiger partial charge on any atom is -0.393 e. The van der Waals surface area contributed by atoms with Gasteiger partial charge in [-0.15, -0.1) is 0 Å². The Balaban J connectivity index is 1.58. The maximum atomic E-state index is 11.6. The van der Waals surface area contributed by atoms with E-state index in [1.165, 1.54) is 32.1 Å². The lowest BCUT2D eigenvalue weighted by Gasteiger charge is -2.66. The standard InChI is InChI=1S/C27H48O4/c1-16(2)7-6-8-17(3)20-9-10-21-19-13-23(30)27(31)14-18(28)11-12-26(27,5)24(19)22(29)15-25(20,21)4/h16-24,28-31H,6-15H2,1-5H3/t17-,18+,19+,20-,21+,22-,23-,24-,25-,26-,27+/m1/s1. The summed E-state index contributed by atoms with van der Waals surface area (Å²) in [7, 11) is 0. The predicted octanol–water partition coefficient (Wildman–Crippen LogP) is 4.53. The predicted molar refractivity (Wildman–Crippen MR) is 123 cm³/mol. The van der Waals surface area contributed by atoms with E-state index in [9.17, 15) is 20.4 Å². The van der Waals surface area contributed by atoms with Crippen molar-refractivity contribution in [3.63, 3.8) is 0 Å². The van der Waals surface area contributed by atoms with Crippen LogP contribution < -0.4 is 0 Å². The summed E-state index contributed by atoms with van der Waals surface area (Å²) in [5, 5.41) is 44.6. The van der Waals surface area contributed by atoms with E-state index in [1.54, 1.807) is 0 Å². The molecule has 0 heterocycles. The second-order valence-corrected chi connectivity index (χ2v) is 13.0. The van der Waals surface area contributed by atoms with Crippen molar-refractivity contribution in [1.29, 1.82) is 0 Å². The monoisotopic (exact) mass is 436 g/mol. The number of hydrogen-bond donors (Lipinski definition) is 4. The molecule has 0 aromatic heterocycles. The fraction of sp³-hybridized carbons (Fsp3) is 1.00. The summed E-state index contributed by atoms with van der Waals surface area (Å²) < 4.78 is 0. The number of aliphatic hydroxyl groups excluding tert-OH is 3.